The minimum Gasteiger partial charge on any atom is -0.311 e. The third-order valence-corrected chi connectivity index (χ3v) is 6.24. The number of carbonyl (C=O) groups is 2. The van der Waals surface area contributed by atoms with Crippen molar-refractivity contribution in [1.82, 2.24) is 9.71 Å². The van der Waals surface area contributed by atoms with Crippen LogP contribution in [0.5, 0.6) is 0 Å². The Balaban J connectivity index is 1.60. The second kappa shape index (κ2) is 8.48. The Bertz CT molecular complexity index is 1040. The van der Waals surface area contributed by atoms with Gasteiger partial charge in [0.25, 0.3) is 0 Å². The Labute approximate surface area is 174 Å². The third-order valence-electron chi connectivity index (χ3n) is 4.56. The van der Waals surface area contributed by atoms with Crippen LogP contribution in [0.15, 0.2) is 41.4 Å². The summed E-state index contributed by atoms with van der Waals surface area (Å²) >= 11 is 5.74. The van der Waals surface area contributed by atoms with Gasteiger partial charge in [-0.3, -0.25) is 9.59 Å². The Morgan fingerprint density at radius 2 is 2.03 bits per heavy atom. The summed E-state index contributed by atoms with van der Waals surface area (Å²) in [6.07, 6.45) is 1.94. The molecule has 1 aromatic heterocycles. The first-order valence-electron chi connectivity index (χ1n) is 9.01. The lowest BCUT2D eigenvalue weighted by Gasteiger charge is -2.20. The van der Waals surface area contributed by atoms with Gasteiger partial charge in [0.1, 0.15) is 5.82 Å². The molecule has 1 unspecified atom stereocenters. The van der Waals surface area contributed by atoms with E-state index < -0.39 is 10.0 Å². The maximum absolute atomic E-state index is 12.6. The van der Waals surface area contributed by atoms with Crippen LogP contribution in [0.4, 0.5) is 11.5 Å². The fourth-order valence-corrected chi connectivity index (χ4v) is 4.49. The molecule has 29 heavy (non-hydrogen) atoms. The standard InChI is InChI=1S/C19H21ClN4O4S/c1-12-9-14-10-16(4-5-17(14)24(12)13(2)25)29(27,28)22-8-7-19(26)23-18-6-3-15(20)11-21-18/h3-6,10-12,22H,7-9H2,1-2H3,(H,21,23,26). The van der Waals surface area contributed by atoms with Gasteiger partial charge in [-0.2, -0.15) is 0 Å². The number of fused-ring (bicyclic) bond motifs is 1. The molecule has 2 N–H and O–H groups in total. The van der Waals surface area contributed by atoms with Crippen LogP contribution in [-0.2, 0) is 26.0 Å². The number of anilines is 2. The van der Waals surface area contributed by atoms with Crippen molar-refractivity contribution in [2.24, 2.45) is 0 Å². The van der Waals surface area contributed by atoms with Crippen LogP contribution in [0.1, 0.15) is 25.8 Å². The molecule has 1 aliphatic rings. The largest absolute Gasteiger partial charge is 0.311 e. The van der Waals surface area contributed by atoms with Crippen LogP contribution < -0.4 is 14.9 Å². The molecule has 0 fully saturated rings. The number of pyridine rings is 1. The van der Waals surface area contributed by atoms with Crippen molar-refractivity contribution in [3.63, 3.8) is 0 Å². The van der Waals surface area contributed by atoms with E-state index in [1.165, 1.54) is 19.2 Å². The van der Waals surface area contributed by atoms with Crippen molar-refractivity contribution in [2.75, 3.05) is 16.8 Å². The minimum absolute atomic E-state index is 0.0152. The van der Waals surface area contributed by atoms with Gasteiger partial charge in [0.05, 0.1) is 9.92 Å². The van der Waals surface area contributed by atoms with Gasteiger partial charge in [0.15, 0.2) is 0 Å². The molecule has 2 amide bonds. The summed E-state index contributed by atoms with van der Waals surface area (Å²) in [5.41, 5.74) is 1.54. The van der Waals surface area contributed by atoms with E-state index in [4.69, 9.17) is 11.6 Å². The molecule has 10 heteroatoms. The molecule has 0 spiro atoms. The fraction of sp³-hybridized carbons (Fsp3) is 0.316. The summed E-state index contributed by atoms with van der Waals surface area (Å²) < 4.78 is 27.5. The number of hydrogen-bond donors (Lipinski definition) is 2. The molecule has 1 aromatic carbocycles. The van der Waals surface area contributed by atoms with E-state index in [0.717, 1.165) is 11.3 Å². The number of nitrogens with one attached hydrogen (secondary N) is 2. The number of rotatable bonds is 6. The number of aromatic nitrogens is 1. The van der Waals surface area contributed by atoms with Gasteiger partial charge in [-0.05, 0) is 49.2 Å². The zero-order valence-corrected chi connectivity index (χ0v) is 17.5. The lowest BCUT2D eigenvalue weighted by Crippen LogP contribution is -2.33. The van der Waals surface area contributed by atoms with E-state index in [9.17, 15) is 18.0 Å². The predicted octanol–water partition coefficient (Wildman–Crippen LogP) is 2.34. The Morgan fingerprint density at radius 3 is 2.69 bits per heavy atom. The minimum atomic E-state index is -3.78. The molecular weight excluding hydrogens is 416 g/mol. The molecule has 1 atom stereocenters. The van der Waals surface area contributed by atoms with E-state index in [0.29, 0.717) is 17.3 Å². The van der Waals surface area contributed by atoms with Crippen molar-refractivity contribution in [3.8, 4) is 0 Å². The summed E-state index contributed by atoms with van der Waals surface area (Å²) in [6.45, 7) is 3.35. The molecule has 8 nitrogen and oxygen atoms in total. The van der Waals surface area contributed by atoms with Gasteiger partial charge in [0.2, 0.25) is 21.8 Å². The smallest absolute Gasteiger partial charge is 0.240 e. The quantitative estimate of drug-likeness (QED) is 0.722. The SMILES string of the molecule is CC(=O)N1c2ccc(S(=O)(=O)NCCC(=O)Nc3ccc(Cl)cn3)cc2CC1C. The topological polar surface area (TPSA) is 108 Å². The Morgan fingerprint density at radius 1 is 1.28 bits per heavy atom. The lowest BCUT2D eigenvalue weighted by atomic mass is 10.1. The number of nitrogens with zero attached hydrogens (tertiary/aromatic N) is 2. The maximum Gasteiger partial charge on any atom is 0.240 e. The second-order valence-corrected chi connectivity index (χ2v) is 8.99. The number of carbonyl (C=O) groups excluding carboxylic acids is 2. The molecule has 3 rings (SSSR count). The molecule has 2 heterocycles. The monoisotopic (exact) mass is 436 g/mol. The normalized spacial score (nSPS) is 15.8. The predicted molar refractivity (Wildman–Crippen MR) is 110 cm³/mol. The molecule has 2 aromatic rings. The van der Waals surface area contributed by atoms with Crippen LogP contribution >= 0.6 is 11.6 Å². The molecular formula is C19H21ClN4O4S. The highest BCUT2D eigenvalue weighted by Crippen LogP contribution is 2.33. The summed E-state index contributed by atoms with van der Waals surface area (Å²) in [5.74, 6) is -0.112. The zero-order chi connectivity index (χ0) is 21.2. The third kappa shape index (κ3) is 4.92. The zero-order valence-electron chi connectivity index (χ0n) is 16.0. The molecule has 0 radical (unpaired) electrons. The number of benzene rings is 1. The van der Waals surface area contributed by atoms with Gasteiger partial charge in [-0.1, -0.05) is 11.6 Å². The molecule has 0 bridgehead atoms. The van der Waals surface area contributed by atoms with Crippen molar-refractivity contribution < 1.29 is 18.0 Å². The van der Waals surface area contributed by atoms with Crippen LogP contribution in [0.2, 0.25) is 5.02 Å². The number of hydrogen-bond acceptors (Lipinski definition) is 5. The highest BCUT2D eigenvalue weighted by Gasteiger charge is 2.30. The maximum atomic E-state index is 12.6. The average molecular weight is 437 g/mol. The first-order valence-corrected chi connectivity index (χ1v) is 10.9. The Kier molecular flexibility index (Phi) is 6.21. The van der Waals surface area contributed by atoms with E-state index in [1.807, 2.05) is 6.92 Å². The lowest BCUT2D eigenvalue weighted by molar-refractivity contribution is -0.117. The second-order valence-electron chi connectivity index (χ2n) is 6.79. The van der Waals surface area contributed by atoms with Gasteiger partial charge >= 0.3 is 0 Å². The molecule has 0 saturated heterocycles. The van der Waals surface area contributed by atoms with Crippen LogP contribution in [-0.4, -0.2) is 37.8 Å². The average Bonchev–Trinajstić information content (AvgIpc) is 2.98. The summed E-state index contributed by atoms with van der Waals surface area (Å²) in [5, 5.41) is 3.02. The number of amides is 2. The summed E-state index contributed by atoms with van der Waals surface area (Å²) in [4.78, 5) is 29.5. The summed E-state index contributed by atoms with van der Waals surface area (Å²) in [6, 6.07) is 7.82. The fourth-order valence-electron chi connectivity index (χ4n) is 3.29. The van der Waals surface area contributed by atoms with Crippen LogP contribution in [0.3, 0.4) is 0 Å². The molecule has 154 valence electrons. The van der Waals surface area contributed by atoms with Gasteiger partial charge in [-0.25, -0.2) is 18.1 Å². The van der Waals surface area contributed by atoms with E-state index in [1.54, 1.807) is 29.2 Å². The Hall–Kier alpha value is -2.49. The molecule has 0 saturated carbocycles. The highest BCUT2D eigenvalue weighted by atomic mass is 35.5. The highest BCUT2D eigenvalue weighted by molar-refractivity contribution is 7.89. The van der Waals surface area contributed by atoms with Gasteiger partial charge < -0.3 is 10.2 Å². The first-order chi connectivity index (χ1) is 13.7. The van der Waals surface area contributed by atoms with Crippen molar-refractivity contribution in [3.05, 3.63) is 47.1 Å². The molecule has 1 aliphatic heterocycles. The van der Waals surface area contributed by atoms with E-state index in [2.05, 4.69) is 15.0 Å². The van der Waals surface area contributed by atoms with Crippen LogP contribution in [0.25, 0.3) is 0 Å². The van der Waals surface area contributed by atoms with Crippen molar-refractivity contribution >= 4 is 44.9 Å². The van der Waals surface area contributed by atoms with Crippen LogP contribution in [0, 0.1) is 0 Å². The van der Waals surface area contributed by atoms with Crippen molar-refractivity contribution in [2.45, 2.75) is 37.6 Å². The number of halogens is 1. The van der Waals surface area contributed by atoms with E-state index in [-0.39, 0.29) is 35.7 Å². The van der Waals surface area contributed by atoms with Crippen molar-refractivity contribution in [1.29, 1.82) is 0 Å². The van der Waals surface area contributed by atoms with Gasteiger partial charge in [0, 0.05) is 37.8 Å². The van der Waals surface area contributed by atoms with Gasteiger partial charge in [-0.15, -0.1) is 0 Å². The number of sulfonamides is 1. The van der Waals surface area contributed by atoms with E-state index >= 15 is 0 Å². The summed E-state index contributed by atoms with van der Waals surface area (Å²) in [7, 11) is -3.78. The molecule has 0 aliphatic carbocycles. The first kappa shape index (κ1) is 21.2.